The monoisotopic (exact) mass is 335 g/mol. The van der Waals surface area contributed by atoms with Crippen molar-refractivity contribution in [3.63, 3.8) is 0 Å². The van der Waals surface area contributed by atoms with Crippen LogP contribution in [0.4, 0.5) is 5.82 Å². The van der Waals surface area contributed by atoms with Gasteiger partial charge < -0.3 is 16.4 Å². The maximum Gasteiger partial charge on any atom is 0.224 e. The number of primary amides is 1. The summed E-state index contributed by atoms with van der Waals surface area (Å²) in [4.78, 5) is 24.3. The minimum atomic E-state index is -0.356. The van der Waals surface area contributed by atoms with Crippen LogP contribution in [0.1, 0.15) is 46.0 Å². The van der Waals surface area contributed by atoms with Gasteiger partial charge in [0.1, 0.15) is 5.82 Å². The van der Waals surface area contributed by atoms with Crippen LogP contribution in [0.3, 0.4) is 0 Å². The molecule has 1 aromatic rings. The van der Waals surface area contributed by atoms with Gasteiger partial charge in [-0.15, -0.1) is 0 Å². The number of hydrogen-bond donors (Lipinski definition) is 4. The van der Waals surface area contributed by atoms with Crippen LogP contribution in [0.5, 0.6) is 0 Å². The van der Waals surface area contributed by atoms with E-state index in [-0.39, 0.29) is 29.7 Å². The van der Waals surface area contributed by atoms with E-state index >= 15 is 0 Å². The van der Waals surface area contributed by atoms with Crippen LogP contribution in [-0.2, 0) is 9.59 Å². The number of carbonyl (C=O) groups excluding carboxylic acids is 2. The van der Waals surface area contributed by atoms with Crippen LogP contribution in [-0.4, -0.2) is 34.6 Å². The number of hydrogen-bond acceptors (Lipinski definition) is 4. The van der Waals surface area contributed by atoms with Crippen molar-refractivity contribution in [2.24, 2.45) is 23.5 Å². The quantitative estimate of drug-likeness (QED) is 0.578. The first kappa shape index (κ1) is 18.3. The van der Waals surface area contributed by atoms with E-state index in [4.69, 9.17) is 5.73 Å². The van der Waals surface area contributed by atoms with Crippen molar-refractivity contribution in [2.45, 2.75) is 52.0 Å². The lowest BCUT2D eigenvalue weighted by molar-refractivity contribution is -0.135. The molecule has 24 heavy (non-hydrogen) atoms. The van der Waals surface area contributed by atoms with Gasteiger partial charge >= 0.3 is 0 Å². The Morgan fingerprint density at radius 3 is 2.62 bits per heavy atom. The van der Waals surface area contributed by atoms with E-state index in [1.165, 1.54) is 0 Å². The zero-order valence-electron chi connectivity index (χ0n) is 14.5. The first-order valence-electron chi connectivity index (χ1n) is 8.80. The minimum Gasteiger partial charge on any atom is -0.369 e. The van der Waals surface area contributed by atoms with Crippen molar-refractivity contribution in [1.82, 2.24) is 15.5 Å². The van der Waals surface area contributed by atoms with Gasteiger partial charge in [0.05, 0.1) is 6.20 Å². The Bertz CT molecular complexity index is 529. The van der Waals surface area contributed by atoms with E-state index in [0.29, 0.717) is 18.9 Å². The molecule has 134 valence electrons. The molecule has 1 aromatic heterocycles. The van der Waals surface area contributed by atoms with Crippen LogP contribution < -0.4 is 16.4 Å². The second kappa shape index (κ2) is 8.70. The molecule has 7 nitrogen and oxygen atoms in total. The molecule has 1 fully saturated rings. The number of nitrogens with one attached hydrogen (secondary N) is 3. The van der Waals surface area contributed by atoms with E-state index in [1.54, 1.807) is 6.20 Å². The summed E-state index contributed by atoms with van der Waals surface area (Å²) in [7, 11) is 0. The summed E-state index contributed by atoms with van der Waals surface area (Å²) in [6.45, 7) is 4.87. The zero-order chi connectivity index (χ0) is 17.5. The summed E-state index contributed by atoms with van der Waals surface area (Å²) in [6, 6.07) is 1.84. The number of aromatic nitrogens is 2. The Balaban J connectivity index is 1.95. The lowest BCUT2D eigenvalue weighted by atomic mass is 9.78. The highest BCUT2D eigenvalue weighted by Gasteiger charge is 2.35. The Morgan fingerprint density at radius 2 is 2.04 bits per heavy atom. The molecule has 1 saturated carbocycles. The second-order valence-electron chi connectivity index (χ2n) is 7.09. The van der Waals surface area contributed by atoms with Crippen molar-refractivity contribution in [3.05, 3.63) is 12.3 Å². The van der Waals surface area contributed by atoms with Gasteiger partial charge in [-0.1, -0.05) is 26.7 Å². The number of anilines is 1. The first-order chi connectivity index (χ1) is 11.5. The number of carbonyl (C=O) groups is 2. The average molecular weight is 335 g/mol. The standard InChI is InChI=1S/C17H29N5O2/c1-11(2)9-12(10-19-15-7-8-20-22-15)21-17(24)14-6-4-3-5-13(14)16(18)23/h7-8,11-14H,3-6,9-10H2,1-2H3,(H2,18,23)(H,21,24)(H2,19,20,22)/t12?,13-,14+/m0/s1. The minimum absolute atomic E-state index is 0.00347. The van der Waals surface area contributed by atoms with Crippen LogP contribution >= 0.6 is 0 Å². The number of amides is 2. The van der Waals surface area contributed by atoms with E-state index in [2.05, 4.69) is 34.7 Å². The predicted octanol–water partition coefficient (Wildman–Crippen LogP) is 1.64. The van der Waals surface area contributed by atoms with Crippen molar-refractivity contribution in [3.8, 4) is 0 Å². The van der Waals surface area contributed by atoms with Gasteiger partial charge in [0.15, 0.2) is 0 Å². The molecule has 0 bridgehead atoms. The molecule has 0 aromatic carbocycles. The molecular formula is C17H29N5O2. The molecule has 2 rings (SSSR count). The average Bonchev–Trinajstić information content (AvgIpc) is 3.05. The molecule has 0 saturated heterocycles. The number of nitrogens with zero attached hydrogens (tertiary/aromatic N) is 1. The Labute approximate surface area is 143 Å². The third-order valence-corrected chi connectivity index (χ3v) is 4.61. The maximum atomic E-state index is 12.7. The van der Waals surface area contributed by atoms with Crippen molar-refractivity contribution in [2.75, 3.05) is 11.9 Å². The van der Waals surface area contributed by atoms with Crippen LogP contribution in [0.2, 0.25) is 0 Å². The second-order valence-corrected chi connectivity index (χ2v) is 7.09. The maximum absolute atomic E-state index is 12.7. The van der Waals surface area contributed by atoms with E-state index in [9.17, 15) is 9.59 Å². The molecule has 5 N–H and O–H groups in total. The third-order valence-electron chi connectivity index (χ3n) is 4.61. The van der Waals surface area contributed by atoms with E-state index < -0.39 is 0 Å². The molecule has 1 unspecified atom stereocenters. The molecule has 1 heterocycles. The van der Waals surface area contributed by atoms with Crippen LogP contribution in [0, 0.1) is 17.8 Å². The van der Waals surface area contributed by atoms with Gasteiger partial charge in [0, 0.05) is 24.4 Å². The van der Waals surface area contributed by atoms with Crippen molar-refractivity contribution >= 4 is 17.6 Å². The van der Waals surface area contributed by atoms with Gasteiger partial charge in [-0.3, -0.25) is 14.7 Å². The summed E-state index contributed by atoms with van der Waals surface area (Å²) in [6.07, 6.45) is 5.94. The first-order valence-corrected chi connectivity index (χ1v) is 8.80. The van der Waals surface area contributed by atoms with Crippen molar-refractivity contribution in [1.29, 1.82) is 0 Å². The Hall–Kier alpha value is -2.05. The Morgan fingerprint density at radius 1 is 1.33 bits per heavy atom. The molecule has 0 aliphatic heterocycles. The highest BCUT2D eigenvalue weighted by molar-refractivity contribution is 5.87. The topological polar surface area (TPSA) is 113 Å². The van der Waals surface area contributed by atoms with Crippen LogP contribution in [0.15, 0.2) is 12.3 Å². The van der Waals surface area contributed by atoms with E-state index in [1.807, 2.05) is 6.07 Å². The summed E-state index contributed by atoms with van der Waals surface area (Å²) in [5.41, 5.74) is 5.49. The summed E-state index contributed by atoms with van der Waals surface area (Å²) < 4.78 is 0. The van der Waals surface area contributed by atoms with Gasteiger partial charge in [-0.25, -0.2) is 0 Å². The lowest BCUT2D eigenvalue weighted by Crippen LogP contribution is -2.47. The summed E-state index contributed by atoms with van der Waals surface area (Å²) in [5.74, 6) is 0.251. The normalized spacial score (nSPS) is 22.1. The molecule has 3 atom stereocenters. The number of H-pyrrole nitrogens is 1. The smallest absolute Gasteiger partial charge is 0.224 e. The number of aromatic amines is 1. The third kappa shape index (κ3) is 5.25. The number of nitrogens with two attached hydrogens (primary N) is 1. The zero-order valence-corrected chi connectivity index (χ0v) is 14.5. The molecule has 1 aliphatic carbocycles. The molecule has 1 aliphatic rings. The summed E-state index contributed by atoms with van der Waals surface area (Å²) >= 11 is 0. The number of rotatable bonds is 8. The van der Waals surface area contributed by atoms with E-state index in [0.717, 1.165) is 31.5 Å². The Kier molecular flexibility index (Phi) is 6.63. The van der Waals surface area contributed by atoms with Crippen molar-refractivity contribution < 1.29 is 9.59 Å². The van der Waals surface area contributed by atoms with Gasteiger partial charge in [0.2, 0.25) is 11.8 Å². The fourth-order valence-electron chi connectivity index (χ4n) is 3.44. The highest BCUT2D eigenvalue weighted by atomic mass is 16.2. The predicted molar refractivity (Wildman–Crippen MR) is 93.1 cm³/mol. The van der Waals surface area contributed by atoms with Gasteiger partial charge in [-0.05, 0) is 31.2 Å². The molecule has 0 spiro atoms. The molecule has 2 amide bonds. The molecule has 7 heteroatoms. The highest BCUT2D eigenvalue weighted by Crippen LogP contribution is 2.30. The largest absolute Gasteiger partial charge is 0.369 e. The summed E-state index contributed by atoms with van der Waals surface area (Å²) in [5, 5.41) is 13.1. The van der Waals surface area contributed by atoms with Crippen LogP contribution in [0.25, 0.3) is 0 Å². The molecular weight excluding hydrogens is 306 g/mol. The van der Waals surface area contributed by atoms with Gasteiger partial charge in [-0.2, -0.15) is 5.10 Å². The molecule has 0 radical (unpaired) electrons. The SMILES string of the molecule is CC(C)CC(CNc1ccn[nH]1)NC(=O)[C@@H]1CCCC[C@@H]1C(N)=O. The fraction of sp³-hybridized carbons (Fsp3) is 0.706. The van der Waals surface area contributed by atoms with Gasteiger partial charge in [0.25, 0.3) is 0 Å². The lowest BCUT2D eigenvalue weighted by Gasteiger charge is -2.30. The fourth-order valence-corrected chi connectivity index (χ4v) is 3.44.